The zero-order chi connectivity index (χ0) is 18.4. The predicted molar refractivity (Wildman–Crippen MR) is 95.9 cm³/mol. The highest BCUT2D eigenvalue weighted by molar-refractivity contribution is 6.59. The number of rotatable bonds is 5. The van der Waals surface area contributed by atoms with Crippen molar-refractivity contribution in [2.75, 3.05) is 11.9 Å². The fraction of sp³-hybridized carbons (Fsp3) is 0.294. The van der Waals surface area contributed by atoms with Gasteiger partial charge in [0.15, 0.2) is 0 Å². The Balaban J connectivity index is 2.04. The molecular formula is C17H15Cl3FNO3. The lowest BCUT2D eigenvalue weighted by molar-refractivity contribution is -0.151. The van der Waals surface area contributed by atoms with Gasteiger partial charge in [0, 0.05) is 5.69 Å². The minimum Gasteiger partial charge on any atom is -0.460 e. The molecule has 1 amide bonds. The van der Waals surface area contributed by atoms with E-state index in [1.807, 2.05) is 12.2 Å². The number of hydrogen-bond donors (Lipinski definition) is 1. The van der Waals surface area contributed by atoms with Crippen LogP contribution in [0.1, 0.15) is 12.8 Å². The Kier molecular flexibility index (Phi) is 7.29. The van der Waals surface area contributed by atoms with Crippen LogP contribution < -0.4 is 5.32 Å². The number of benzene rings is 1. The molecule has 25 heavy (non-hydrogen) atoms. The van der Waals surface area contributed by atoms with Crippen LogP contribution in [0, 0.1) is 17.7 Å². The third kappa shape index (κ3) is 5.73. The van der Waals surface area contributed by atoms with E-state index in [-0.39, 0.29) is 22.0 Å². The summed E-state index contributed by atoms with van der Waals surface area (Å²) in [5.41, 5.74) is 0.326. The number of esters is 1. The van der Waals surface area contributed by atoms with Crippen LogP contribution in [-0.2, 0) is 14.3 Å². The van der Waals surface area contributed by atoms with Crippen LogP contribution in [0.5, 0.6) is 0 Å². The van der Waals surface area contributed by atoms with Gasteiger partial charge in [-0.25, -0.2) is 4.39 Å². The maximum absolute atomic E-state index is 13.2. The zero-order valence-electron chi connectivity index (χ0n) is 13.0. The molecule has 2 atom stereocenters. The van der Waals surface area contributed by atoms with Crippen LogP contribution in [0.2, 0.25) is 0 Å². The van der Waals surface area contributed by atoms with Gasteiger partial charge < -0.3 is 10.1 Å². The second-order valence-electron chi connectivity index (χ2n) is 5.43. The molecule has 1 aliphatic carbocycles. The topological polar surface area (TPSA) is 55.4 Å². The van der Waals surface area contributed by atoms with Gasteiger partial charge in [-0.2, -0.15) is 0 Å². The summed E-state index contributed by atoms with van der Waals surface area (Å²) in [5, 5.41) is 2.63. The minimum atomic E-state index is -0.669. The van der Waals surface area contributed by atoms with E-state index in [4.69, 9.17) is 39.5 Å². The number of allylic oxidation sites excluding steroid dienone is 2. The van der Waals surface area contributed by atoms with Gasteiger partial charge in [0.25, 0.3) is 0 Å². The molecule has 1 aliphatic rings. The van der Waals surface area contributed by atoms with E-state index in [0.717, 1.165) is 0 Å². The lowest BCUT2D eigenvalue weighted by Gasteiger charge is -2.26. The smallest absolute Gasteiger partial charge is 0.310 e. The number of halogens is 4. The third-order valence-electron chi connectivity index (χ3n) is 3.71. The quantitative estimate of drug-likeness (QED) is 0.566. The van der Waals surface area contributed by atoms with Crippen molar-refractivity contribution in [2.24, 2.45) is 11.8 Å². The highest BCUT2D eigenvalue weighted by Crippen LogP contribution is 2.29. The van der Waals surface area contributed by atoms with Gasteiger partial charge in [-0.1, -0.05) is 53.0 Å². The maximum atomic E-state index is 13.2. The third-order valence-corrected chi connectivity index (χ3v) is 4.66. The zero-order valence-corrected chi connectivity index (χ0v) is 15.2. The van der Waals surface area contributed by atoms with Crippen LogP contribution in [0.3, 0.4) is 0 Å². The molecule has 1 aromatic rings. The monoisotopic (exact) mass is 405 g/mol. The van der Waals surface area contributed by atoms with Gasteiger partial charge >= 0.3 is 5.97 Å². The fourth-order valence-electron chi connectivity index (χ4n) is 2.46. The fourth-order valence-corrected chi connectivity index (χ4v) is 2.63. The average Bonchev–Trinajstić information content (AvgIpc) is 2.59. The van der Waals surface area contributed by atoms with E-state index in [1.54, 1.807) is 6.07 Å². The SMILES string of the molecule is O=C(Nc1cccc(F)c1)[C@H]1CC=CC[C@H]1C(=O)OCC(Cl)=C(Cl)Cl. The second kappa shape index (κ2) is 9.22. The Morgan fingerprint density at radius 3 is 2.48 bits per heavy atom. The van der Waals surface area contributed by atoms with Gasteiger partial charge in [0.05, 0.1) is 16.9 Å². The van der Waals surface area contributed by atoms with Gasteiger partial charge in [-0.15, -0.1) is 0 Å². The molecule has 4 nitrogen and oxygen atoms in total. The largest absolute Gasteiger partial charge is 0.460 e. The number of ether oxygens (including phenoxy) is 1. The molecule has 0 spiro atoms. The van der Waals surface area contributed by atoms with E-state index < -0.39 is 23.6 Å². The molecule has 1 aromatic carbocycles. The minimum absolute atomic E-state index is 0.00352. The standard InChI is InChI=1S/C17H15Cl3FNO3/c18-14(15(19)20)9-25-17(24)13-7-2-1-6-12(13)16(23)22-11-5-3-4-10(21)8-11/h1-5,8,12-13H,6-7,9H2,(H,22,23)/t12-,13+/m0/s1. The van der Waals surface area contributed by atoms with Crippen LogP contribution in [0.25, 0.3) is 0 Å². The second-order valence-corrected chi connectivity index (χ2v) is 6.83. The molecule has 8 heteroatoms. The first-order valence-corrected chi connectivity index (χ1v) is 8.59. The van der Waals surface area contributed by atoms with Crippen molar-refractivity contribution in [2.45, 2.75) is 12.8 Å². The maximum Gasteiger partial charge on any atom is 0.310 e. The van der Waals surface area contributed by atoms with Gasteiger partial charge in [-0.3, -0.25) is 9.59 Å². The number of nitrogens with one attached hydrogen (secondary N) is 1. The normalized spacial score (nSPS) is 19.2. The summed E-state index contributed by atoms with van der Waals surface area (Å²) < 4.78 is 18.1. The molecule has 0 saturated heterocycles. The van der Waals surface area contributed by atoms with Gasteiger partial charge in [-0.05, 0) is 31.0 Å². The number of anilines is 1. The number of amides is 1. The van der Waals surface area contributed by atoms with Crippen molar-refractivity contribution >= 4 is 52.4 Å². The first-order valence-electron chi connectivity index (χ1n) is 7.46. The Morgan fingerprint density at radius 1 is 1.16 bits per heavy atom. The molecule has 0 fully saturated rings. The lowest BCUT2D eigenvalue weighted by Crippen LogP contribution is -2.36. The van der Waals surface area contributed by atoms with Crippen molar-refractivity contribution in [3.8, 4) is 0 Å². The summed E-state index contributed by atoms with van der Waals surface area (Å²) in [6.07, 6.45) is 4.36. The molecule has 0 bridgehead atoms. The van der Waals surface area contributed by atoms with E-state index in [0.29, 0.717) is 18.5 Å². The summed E-state index contributed by atoms with van der Waals surface area (Å²) in [4.78, 5) is 24.8. The molecule has 134 valence electrons. The van der Waals surface area contributed by atoms with Crippen molar-refractivity contribution in [1.82, 2.24) is 0 Å². The van der Waals surface area contributed by atoms with Crippen LogP contribution in [-0.4, -0.2) is 18.5 Å². The molecule has 0 aliphatic heterocycles. The number of carbonyl (C=O) groups excluding carboxylic acids is 2. The first-order chi connectivity index (χ1) is 11.9. The molecular weight excluding hydrogens is 392 g/mol. The van der Waals surface area contributed by atoms with Crippen molar-refractivity contribution < 1.29 is 18.7 Å². The summed E-state index contributed by atoms with van der Waals surface area (Å²) in [7, 11) is 0. The first kappa shape index (κ1) is 19.8. The summed E-state index contributed by atoms with van der Waals surface area (Å²) in [5.74, 6) is -2.71. The highest BCUT2D eigenvalue weighted by atomic mass is 35.5. The lowest BCUT2D eigenvalue weighted by atomic mass is 9.82. The molecule has 0 radical (unpaired) electrons. The Hall–Kier alpha value is -1.56. The van der Waals surface area contributed by atoms with E-state index in [9.17, 15) is 14.0 Å². The van der Waals surface area contributed by atoms with Gasteiger partial charge in [0.1, 0.15) is 16.9 Å². The highest BCUT2D eigenvalue weighted by Gasteiger charge is 2.35. The summed E-state index contributed by atoms with van der Waals surface area (Å²) >= 11 is 16.7. The van der Waals surface area contributed by atoms with Crippen molar-refractivity contribution in [3.63, 3.8) is 0 Å². The van der Waals surface area contributed by atoms with E-state index >= 15 is 0 Å². The van der Waals surface area contributed by atoms with Crippen LogP contribution in [0.15, 0.2) is 45.9 Å². The Morgan fingerprint density at radius 2 is 1.84 bits per heavy atom. The molecule has 0 saturated carbocycles. The van der Waals surface area contributed by atoms with Crippen LogP contribution >= 0.6 is 34.8 Å². The van der Waals surface area contributed by atoms with Crippen molar-refractivity contribution in [3.05, 3.63) is 51.8 Å². The molecule has 1 N–H and O–H groups in total. The van der Waals surface area contributed by atoms with Gasteiger partial charge in [0.2, 0.25) is 5.91 Å². The molecule has 2 rings (SSSR count). The Bertz CT molecular complexity index is 717. The van der Waals surface area contributed by atoms with E-state index in [1.165, 1.54) is 18.2 Å². The Labute approximate surface area is 159 Å². The number of carbonyl (C=O) groups is 2. The van der Waals surface area contributed by atoms with Crippen molar-refractivity contribution in [1.29, 1.82) is 0 Å². The molecule has 0 unspecified atom stereocenters. The molecule has 0 heterocycles. The molecule has 0 aromatic heterocycles. The summed E-state index contributed by atoms with van der Waals surface area (Å²) in [6.45, 7) is -0.263. The van der Waals surface area contributed by atoms with E-state index in [2.05, 4.69) is 5.32 Å². The average molecular weight is 407 g/mol. The van der Waals surface area contributed by atoms with Crippen LogP contribution in [0.4, 0.5) is 10.1 Å². The predicted octanol–water partition coefficient (Wildman–Crippen LogP) is 4.78. The number of hydrogen-bond acceptors (Lipinski definition) is 3. The summed E-state index contributed by atoms with van der Waals surface area (Å²) in [6, 6.07) is 5.54.